The van der Waals surface area contributed by atoms with E-state index >= 15 is 0 Å². The molecular formula is C18H26N4O2. The summed E-state index contributed by atoms with van der Waals surface area (Å²) in [6.07, 6.45) is 4.51. The number of nitrogens with zero attached hydrogens (tertiary/aromatic N) is 1. The molecule has 24 heavy (non-hydrogen) atoms. The molecule has 3 rings (SSSR count). The summed E-state index contributed by atoms with van der Waals surface area (Å²) >= 11 is 0. The maximum atomic E-state index is 12.5. The van der Waals surface area contributed by atoms with Gasteiger partial charge in [-0.15, -0.1) is 0 Å². The van der Waals surface area contributed by atoms with Gasteiger partial charge in [0.15, 0.2) is 0 Å². The van der Waals surface area contributed by atoms with Gasteiger partial charge < -0.3 is 16.4 Å². The molecule has 1 heterocycles. The van der Waals surface area contributed by atoms with Crippen LogP contribution >= 0.6 is 0 Å². The molecule has 0 aromatic heterocycles. The van der Waals surface area contributed by atoms with Crippen molar-refractivity contribution in [3.8, 4) is 0 Å². The van der Waals surface area contributed by atoms with Crippen molar-refractivity contribution >= 4 is 23.3 Å². The molecule has 4 N–H and O–H groups in total. The quantitative estimate of drug-likeness (QED) is 0.794. The highest BCUT2D eigenvalue weighted by molar-refractivity contribution is 5.97. The number of carbonyl (C=O) groups excluding carboxylic acids is 2. The first-order valence-electron chi connectivity index (χ1n) is 8.83. The lowest BCUT2D eigenvalue weighted by Gasteiger charge is -2.25. The largest absolute Gasteiger partial charge is 0.338 e. The number of urea groups is 1. The van der Waals surface area contributed by atoms with Crippen LogP contribution in [-0.4, -0.2) is 31.1 Å². The molecule has 3 amide bonds. The van der Waals surface area contributed by atoms with Crippen molar-refractivity contribution in [1.29, 1.82) is 0 Å². The lowest BCUT2D eigenvalue weighted by atomic mass is 9.85. The third-order valence-electron chi connectivity index (χ3n) is 4.91. The number of carbonyl (C=O) groups is 2. The molecule has 1 aliphatic heterocycles. The summed E-state index contributed by atoms with van der Waals surface area (Å²) in [5, 5.41) is 5.83. The fourth-order valence-electron chi connectivity index (χ4n) is 3.62. The summed E-state index contributed by atoms with van der Waals surface area (Å²) in [5.74, 6) is 0.0224. The van der Waals surface area contributed by atoms with Crippen LogP contribution < -0.4 is 21.3 Å². The minimum absolute atomic E-state index is 0.0125. The van der Waals surface area contributed by atoms with Gasteiger partial charge in [0.1, 0.15) is 0 Å². The first-order valence-corrected chi connectivity index (χ1v) is 8.83. The molecule has 6 nitrogen and oxygen atoms in total. The Hall–Kier alpha value is -2.08. The van der Waals surface area contributed by atoms with E-state index in [-0.39, 0.29) is 23.9 Å². The van der Waals surface area contributed by atoms with Gasteiger partial charge in [-0.05, 0) is 50.3 Å². The van der Waals surface area contributed by atoms with E-state index in [9.17, 15) is 9.59 Å². The van der Waals surface area contributed by atoms with Crippen LogP contribution in [-0.2, 0) is 11.2 Å². The molecule has 1 saturated carbocycles. The van der Waals surface area contributed by atoms with Gasteiger partial charge in [-0.3, -0.25) is 9.69 Å². The van der Waals surface area contributed by atoms with Crippen molar-refractivity contribution in [2.24, 2.45) is 11.7 Å². The van der Waals surface area contributed by atoms with Gasteiger partial charge in [-0.25, -0.2) is 4.79 Å². The standard InChI is InChI=1S/C18H26N4O2/c1-2-20-18(24)22-9-8-12-6-7-15(11-16(12)22)21-17(23)13-4-3-5-14(19)10-13/h6-7,11,13-14H,2-5,8-10,19H2,1H3,(H,20,24)(H,21,23). The molecular weight excluding hydrogens is 304 g/mol. The second-order valence-corrected chi connectivity index (χ2v) is 6.69. The molecule has 2 aliphatic rings. The zero-order valence-electron chi connectivity index (χ0n) is 14.2. The number of anilines is 2. The van der Waals surface area contributed by atoms with Crippen LogP contribution in [0.15, 0.2) is 18.2 Å². The van der Waals surface area contributed by atoms with Gasteiger partial charge in [-0.2, -0.15) is 0 Å². The highest BCUT2D eigenvalue weighted by Gasteiger charge is 2.27. The Balaban J connectivity index is 1.70. The second kappa shape index (κ2) is 7.21. The Kier molecular flexibility index (Phi) is 5.04. The van der Waals surface area contributed by atoms with E-state index in [1.54, 1.807) is 4.90 Å². The van der Waals surface area contributed by atoms with Gasteiger partial charge >= 0.3 is 6.03 Å². The first kappa shape index (κ1) is 16.8. The summed E-state index contributed by atoms with van der Waals surface area (Å²) < 4.78 is 0. The van der Waals surface area contributed by atoms with E-state index in [1.807, 2.05) is 25.1 Å². The Morgan fingerprint density at radius 1 is 1.33 bits per heavy atom. The van der Waals surface area contributed by atoms with E-state index in [0.29, 0.717) is 13.1 Å². The number of nitrogens with two attached hydrogens (primary N) is 1. The number of benzene rings is 1. The summed E-state index contributed by atoms with van der Waals surface area (Å²) in [4.78, 5) is 26.4. The van der Waals surface area contributed by atoms with E-state index in [0.717, 1.165) is 49.0 Å². The van der Waals surface area contributed by atoms with Gasteiger partial charge in [0.2, 0.25) is 5.91 Å². The van der Waals surface area contributed by atoms with Gasteiger partial charge in [0.25, 0.3) is 0 Å². The Labute approximate surface area is 142 Å². The molecule has 0 saturated heterocycles. The average Bonchev–Trinajstić information content (AvgIpc) is 2.98. The number of hydrogen-bond donors (Lipinski definition) is 3. The molecule has 2 unspecified atom stereocenters. The van der Waals surface area contributed by atoms with Crippen LogP contribution in [0, 0.1) is 5.92 Å². The molecule has 1 fully saturated rings. The highest BCUT2D eigenvalue weighted by atomic mass is 16.2. The van der Waals surface area contributed by atoms with Crippen molar-refractivity contribution in [2.45, 2.75) is 45.1 Å². The van der Waals surface area contributed by atoms with Gasteiger partial charge in [-0.1, -0.05) is 12.5 Å². The highest BCUT2D eigenvalue weighted by Crippen LogP contribution is 2.31. The van der Waals surface area contributed by atoms with E-state index < -0.39 is 0 Å². The second-order valence-electron chi connectivity index (χ2n) is 6.69. The Morgan fingerprint density at radius 3 is 2.92 bits per heavy atom. The zero-order valence-corrected chi connectivity index (χ0v) is 14.2. The SMILES string of the molecule is CCNC(=O)N1CCc2ccc(NC(=O)C3CCCC(N)C3)cc21. The number of rotatable bonds is 3. The molecule has 1 aromatic rings. The molecule has 0 radical (unpaired) electrons. The van der Waals surface area contributed by atoms with Crippen molar-refractivity contribution in [1.82, 2.24) is 5.32 Å². The third-order valence-corrected chi connectivity index (χ3v) is 4.91. The minimum atomic E-state index is -0.0852. The van der Waals surface area contributed by atoms with Crippen LogP contribution in [0.4, 0.5) is 16.2 Å². The molecule has 6 heteroatoms. The van der Waals surface area contributed by atoms with Gasteiger partial charge in [0, 0.05) is 30.7 Å². The molecule has 0 bridgehead atoms. The molecule has 1 aliphatic carbocycles. The Bertz CT molecular complexity index is 631. The first-order chi connectivity index (χ1) is 11.6. The normalized spacial score (nSPS) is 22.8. The van der Waals surface area contributed by atoms with Crippen LogP contribution in [0.5, 0.6) is 0 Å². The maximum absolute atomic E-state index is 12.5. The number of nitrogens with one attached hydrogen (secondary N) is 2. The molecule has 0 spiro atoms. The summed E-state index contributed by atoms with van der Waals surface area (Å²) in [6, 6.07) is 5.86. The lowest BCUT2D eigenvalue weighted by molar-refractivity contribution is -0.120. The van der Waals surface area contributed by atoms with Crippen molar-refractivity contribution in [2.75, 3.05) is 23.3 Å². The van der Waals surface area contributed by atoms with Crippen molar-refractivity contribution < 1.29 is 9.59 Å². The summed E-state index contributed by atoms with van der Waals surface area (Å²) in [6.45, 7) is 3.18. The molecule has 1 aromatic carbocycles. The Morgan fingerprint density at radius 2 is 2.17 bits per heavy atom. The lowest BCUT2D eigenvalue weighted by Crippen LogP contribution is -2.38. The van der Waals surface area contributed by atoms with Crippen LogP contribution in [0.1, 0.15) is 38.2 Å². The minimum Gasteiger partial charge on any atom is -0.338 e. The monoisotopic (exact) mass is 330 g/mol. The topological polar surface area (TPSA) is 87.5 Å². The number of hydrogen-bond acceptors (Lipinski definition) is 3. The average molecular weight is 330 g/mol. The van der Waals surface area contributed by atoms with Crippen molar-refractivity contribution in [3.05, 3.63) is 23.8 Å². The fourth-order valence-corrected chi connectivity index (χ4v) is 3.62. The van der Waals surface area contributed by atoms with Crippen LogP contribution in [0.3, 0.4) is 0 Å². The van der Waals surface area contributed by atoms with Crippen molar-refractivity contribution in [3.63, 3.8) is 0 Å². The fraction of sp³-hybridized carbons (Fsp3) is 0.556. The zero-order chi connectivity index (χ0) is 17.1. The smallest absolute Gasteiger partial charge is 0.321 e. The van der Waals surface area contributed by atoms with E-state index in [4.69, 9.17) is 5.73 Å². The van der Waals surface area contributed by atoms with E-state index in [2.05, 4.69) is 10.6 Å². The molecule has 2 atom stereocenters. The third kappa shape index (κ3) is 3.53. The number of amides is 3. The van der Waals surface area contributed by atoms with Crippen LogP contribution in [0.2, 0.25) is 0 Å². The van der Waals surface area contributed by atoms with Crippen LogP contribution in [0.25, 0.3) is 0 Å². The summed E-state index contributed by atoms with van der Waals surface area (Å²) in [7, 11) is 0. The maximum Gasteiger partial charge on any atom is 0.321 e. The molecule has 130 valence electrons. The predicted molar refractivity (Wildman–Crippen MR) is 95.1 cm³/mol. The van der Waals surface area contributed by atoms with Gasteiger partial charge in [0.05, 0.1) is 5.69 Å². The van der Waals surface area contributed by atoms with E-state index in [1.165, 1.54) is 0 Å². The number of fused-ring (bicyclic) bond motifs is 1. The summed E-state index contributed by atoms with van der Waals surface area (Å²) in [5.41, 5.74) is 8.75. The predicted octanol–water partition coefficient (Wildman–Crippen LogP) is 2.23.